The van der Waals surface area contributed by atoms with E-state index in [1.165, 1.54) is 4.90 Å². The Morgan fingerprint density at radius 1 is 1.20 bits per heavy atom. The second-order valence-corrected chi connectivity index (χ2v) is 8.01. The lowest BCUT2D eigenvalue weighted by Gasteiger charge is -2.42. The van der Waals surface area contributed by atoms with E-state index in [1.807, 2.05) is 0 Å². The van der Waals surface area contributed by atoms with Gasteiger partial charge in [0, 0.05) is 19.1 Å². The summed E-state index contributed by atoms with van der Waals surface area (Å²) in [5, 5.41) is 11.7. The molecule has 6 nitrogen and oxygen atoms in total. The van der Waals surface area contributed by atoms with E-state index in [0.29, 0.717) is 12.8 Å². The summed E-state index contributed by atoms with van der Waals surface area (Å²) in [7, 11) is 0. The number of alkyl halides is 3. The van der Waals surface area contributed by atoms with Crippen LogP contribution in [0.4, 0.5) is 22.8 Å². The summed E-state index contributed by atoms with van der Waals surface area (Å²) in [4.78, 5) is 24.3. The summed E-state index contributed by atoms with van der Waals surface area (Å²) in [6.07, 6.45) is -5.84. The Balaban J connectivity index is 2.13. The Hall–Kier alpha value is -1.67. The number of carbonyl (C=O) groups is 2. The molecule has 1 spiro atoms. The molecule has 1 saturated heterocycles. The van der Waals surface area contributed by atoms with Crippen LogP contribution in [0.1, 0.15) is 46.5 Å². The minimum Gasteiger partial charge on any atom is -0.465 e. The highest BCUT2D eigenvalue weighted by Crippen LogP contribution is 2.53. The normalized spacial score (nSPS) is 26.6. The van der Waals surface area contributed by atoms with E-state index in [9.17, 15) is 22.8 Å². The van der Waals surface area contributed by atoms with Crippen LogP contribution in [0.3, 0.4) is 0 Å². The number of likely N-dealkylation sites (tertiary alicyclic amines) is 1. The van der Waals surface area contributed by atoms with Crippen LogP contribution in [0.2, 0.25) is 0 Å². The van der Waals surface area contributed by atoms with Crippen molar-refractivity contribution in [2.24, 2.45) is 11.3 Å². The second-order valence-electron chi connectivity index (χ2n) is 8.01. The zero-order chi connectivity index (χ0) is 19.0. The van der Waals surface area contributed by atoms with Gasteiger partial charge in [0.05, 0.1) is 5.92 Å². The zero-order valence-corrected chi connectivity index (χ0v) is 14.7. The molecule has 0 unspecified atom stereocenters. The number of carboxylic acid groups (broad SMARTS) is 1. The van der Waals surface area contributed by atoms with Gasteiger partial charge in [0.25, 0.3) is 0 Å². The number of halogens is 3. The van der Waals surface area contributed by atoms with Crippen molar-refractivity contribution in [1.82, 2.24) is 10.2 Å². The number of nitrogens with one attached hydrogen (secondary N) is 1. The van der Waals surface area contributed by atoms with E-state index in [4.69, 9.17) is 9.84 Å². The molecule has 2 N–H and O–H groups in total. The van der Waals surface area contributed by atoms with Crippen molar-refractivity contribution in [3.63, 3.8) is 0 Å². The SMILES string of the molecule is CC(C)(C)OC(=O)N[C@@H]1C[C@@H](C(F)(F)F)CC12CCN(C(=O)O)CC2. The molecule has 2 amide bonds. The number of carbonyl (C=O) groups excluding carboxylic acids is 1. The van der Waals surface area contributed by atoms with Crippen LogP contribution in [0.25, 0.3) is 0 Å². The Kier molecular flexibility index (Phi) is 5.16. The van der Waals surface area contributed by atoms with Crippen LogP contribution < -0.4 is 5.32 Å². The number of piperidine rings is 1. The fourth-order valence-electron chi connectivity index (χ4n) is 3.86. The summed E-state index contributed by atoms with van der Waals surface area (Å²) in [6.45, 7) is 5.39. The average molecular weight is 366 g/mol. The molecule has 2 atom stereocenters. The molecule has 0 bridgehead atoms. The largest absolute Gasteiger partial charge is 0.465 e. The van der Waals surface area contributed by atoms with Crippen LogP contribution in [0, 0.1) is 11.3 Å². The van der Waals surface area contributed by atoms with Crippen molar-refractivity contribution in [2.45, 2.75) is 64.3 Å². The van der Waals surface area contributed by atoms with E-state index in [0.717, 1.165) is 0 Å². The smallest absolute Gasteiger partial charge is 0.407 e. The predicted octanol–water partition coefficient (Wildman–Crippen LogP) is 3.61. The van der Waals surface area contributed by atoms with Crippen LogP contribution >= 0.6 is 0 Å². The molecule has 0 aromatic carbocycles. The molecule has 2 aliphatic rings. The van der Waals surface area contributed by atoms with Crippen molar-refractivity contribution in [2.75, 3.05) is 13.1 Å². The maximum Gasteiger partial charge on any atom is 0.407 e. The summed E-state index contributed by atoms with van der Waals surface area (Å²) in [5.74, 6) is -1.50. The average Bonchev–Trinajstić information content (AvgIpc) is 2.76. The number of hydrogen-bond donors (Lipinski definition) is 2. The van der Waals surface area contributed by atoms with E-state index in [-0.39, 0.29) is 25.9 Å². The van der Waals surface area contributed by atoms with E-state index in [2.05, 4.69) is 5.32 Å². The van der Waals surface area contributed by atoms with Gasteiger partial charge in [-0.15, -0.1) is 0 Å². The fraction of sp³-hybridized carbons (Fsp3) is 0.875. The van der Waals surface area contributed by atoms with Gasteiger partial charge in [-0.25, -0.2) is 9.59 Å². The third kappa shape index (κ3) is 4.70. The number of nitrogens with zero attached hydrogens (tertiary/aromatic N) is 1. The molecular weight excluding hydrogens is 341 g/mol. The molecule has 2 fully saturated rings. The summed E-state index contributed by atoms with van der Waals surface area (Å²) < 4.78 is 44.9. The Morgan fingerprint density at radius 3 is 2.20 bits per heavy atom. The predicted molar refractivity (Wildman–Crippen MR) is 83.2 cm³/mol. The van der Waals surface area contributed by atoms with Crippen molar-refractivity contribution in [3.05, 3.63) is 0 Å². The Morgan fingerprint density at radius 2 is 1.76 bits per heavy atom. The quantitative estimate of drug-likeness (QED) is 0.743. The molecule has 144 valence electrons. The number of hydrogen-bond acceptors (Lipinski definition) is 3. The van der Waals surface area contributed by atoms with Crippen molar-refractivity contribution < 1.29 is 32.6 Å². The van der Waals surface area contributed by atoms with Gasteiger partial charge in [0.1, 0.15) is 5.60 Å². The van der Waals surface area contributed by atoms with E-state index < -0.39 is 41.3 Å². The highest BCUT2D eigenvalue weighted by Gasteiger charge is 2.56. The monoisotopic (exact) mass is 366 g/mol. The van der Waals surface area contributed by atoms with Crippen LogP contribution in [-0.4, -0.2) is 53.1 Å². The number of rotatable bonds is 1. The first-order valence-corrected chi connectivity index (χ1v) is 8.36. The summed E-state index contributed by atoms with van der Waals surface area (Å²) in [5.41, 5.74) is -1.49. The first-order valence-electron chi connectivity index (χ1n) is 8.36. The topological polar surface area (TPSA) is 78.9 Å². The van der Waals surface area contributed by atoms with Gasteiger partial charge in [-0.2, -0.15) is 13.2 Å². The second kappa shape index (κ2) is 6.57. The lowest BCUT2D eigenvalue weighted by atomic mass is 9.73. The molecule has 1 aliphatic carbocycles. The number of alkyl carbamates (subject to hydrolysis) is 1. The first-order chi connectivity index (χ1) is 11.3. The Bertz CT molecular complexity index is 522. The molecule has 0 radical (unpaired) electrons. The van der Waals surface area contributed by atoms with E-state index in [1.54, 1.807) is 20.8 Å². The summed E-state index contributed by atoms with van der Waals surface area (Å²) in [6, 6.07) is -0.676. The van der Waals surface area contributed by atoms with Crippen LogP contribution in [-0.2, 0) is 4.74 Å². The molecule has 0 aromatic heterocycles. The van der Waals surface area contributed by atoms with Gasteiger partial charge >= 0.3 is 18.4 Å². The maximum absolute atomic E-state index is 13.2. The van der Waals surface area contributed by atoms with Gasteiger partial charge in [0.15, 0.2) is 0 Å². The molecule has 25 heavy (non-hydrogen) atoms. The third-order valence-corrected chi connectivity index (χ3v) is 5.10. The van der Waals surface area contributed by atoms with Gasteiger partial charge in [-0.3, -0.25) is 0 Å². The molecule has 1 saturated carbocycles. The van der Waals surface area contributed by atoms with Crippen LogP contribution in [0.5, 0.6) is 0 Å². The molecular formula is C16H25F3N2O4. The number of ether oxygens (including phenoxy) is 1. The first kappa shape index (κ1) is 19.7. The van der Waals surface area contributed by atoms with E-state index >= 15 is 0 Å². The highest BCUT2D eigenvalue weighted by atomic mass is 19.4. The molecule has 0 aromatic rings. The molecule has 1 aliphatic heterocycles. The number of amides is 2. The maximum atomic E-state index is 13.2. The lowest BCUT2D eigenvalue weighted by molar-refractivity contribution is -0.175. The minimum atomic E-state index is -4.33. The zero-order valence-electron chi connectivity index (χ0n) is 14.7. The Labute approximate surface area is 144 Å². The minimum absolute atomic E-state index is 0.0928. The van der Waals surface area contributed by atoms with Crippen molar-refractivity contribution in [1.29, 1.82) is 0 Å². The fourth-order valence-corrected chi connectivity index (χ4v) is 3.86. The summed E-state index contributed by atoms with van der Waals surface area (Å²) >= 11 is 0. The molecule has 1 heterocycles. The van der Waals surface area contributed by atoms with Gasteiger partial charge in [-0.05, 0) is 51.9 Å². The third-order valence-electron chi connectivity index (χ3n) is 5.10. The van der Waals surface area contributed by atoms with Gasteiger partial charge in [0.2, 0.25) is 0 Å². The van der Waals surface area contributed by atoms with Crippen molar-refractivity contribution in [3.8, 4) is 0 Å². The standard InChI is InChI=1S/C16H25F3N2O4/c1-14(2,3)25-12(22)20-11-8-10(16(17,18)19)9-15(11)4-6-21(7-5-15)13(23)24/h10-11H,4-9H2,1-3H3,(H,20,22)(H,23,24)/t10-,11-/m1/s1. The highest BCUT2D eigenvalue weighted by molar-refractivity contribution is 5.68. The lowest BCUT2D eigenvalue weighted by Crippen LogP contribution is -2.51. The van der Waals surface area contributed by atoms with Gasteiger partial charge in [-0.1, -0.05) is 0 Å². The van der Waals surface area contributed by atoms with Gasteiger partial charge < -0.3 is 20.1 Å². The molecule has 9 heteroatoms. The van der Waals surface area contributed by atoms with Crippen molar-refractivity contribution >= 4 is 12.2 Å². The molecule has 2 rings (SSSR count). The van der Waals surface area contributed by atoms with Crippen LogP contribution in [0.15, 0.2) is 0 Å².